The molecule has 0 bridgehead atoms. The van der Waals surface area contributed by atoms with Gasteiger partial charge in [0.05, 0.1) is 0 Å². The molecule has 3 rings (SSSR count). The van der Waals surface area contributed by atoms with Crippen LogP contribution in [0.15, 0.2) is 18.2 Å². The maximum atomic E-state index is 10.1. The molecule has 1 aromatic rings. The molecule has 1 heterocycles. The minimum absolute atomic E-state index is 0. The molecule has 4 nitrogen and oxygen atoms in total. The highest BCUT2D eigenvalue weighted by Gasteiger charge is 2.31. The smallest absolute Gasteiger partial charge is 0.120 e. The van der Waals surface area contributed by atoms with Gasteiger partial charge in [0.2, 0.25) is 0 Å². The van der Waals surface area contributed by atoms with Gasteiger partial charge in [-0.15, -0.1) is 24.8 Å². The summed E-state index contributed by atoms with van der Waals surface area (Å²) in [5.74, 6) is 1.34. The van der Waals surface area contributed by atoms with Crippen molar-refractivity contribution in [3.63, 3.8) is 0 Å². The van der Waals surface area contributed by atoms with E-state index in [9.17, 15) is 10.2 Å². The minimum atomic E-state index is 0. The molecule has 120 valence electrons. The first-order valence-corrected chi connectivity index (χ1v) is 7.20. The van der Waals surface area contributed by atoms with Gasteiger partial charge in [0.15, 0.2) is 0 Å². The Kier molecular flexibility index (Phi) is 7.07. The Morgan fingerprint density at radius 1 is 1.14 bits per heavy atom. The molecule has 3 N–H and O–H groups in total. The van der Waals surface area contributed by atoms with Crippen LogP contribution in [0.25, 0.3) is 0 Å². The zero-order valence-electron chi connectivity index (χ0n) is 12.0. The highest BCUT2D eigenvalue weighted by molar-refractivity contribution is 5.85. The third kappa shape index (κ3) is 4.65. The third-order valence-corrected chi connectivity index (χ3v) is 4.22. The topological polar surface area (TPSA) is 55.7 Å². The summed E-state index contributed by atoms with van der Waals surface area (Å²) in [4.78, 5) is 2.43. The first-order valence-electron chi connectivity index (χ1n) is 7.20. The van der Waals surface area contributed by atoms with Crippen molar-refractivity contribution in [2.75, 3.05) is 26.2 Å². The molecular formula is C15H24Cl2N2O2. The molecule has 1 atom stereocenters. The lowest BCUT2D eigenvalue weighted by atomic mass is 9.97. The van der Waals surface area contributed by atoms with Crippen molar-refractivity contribution in [3.8, 4) is 11.5 Å². The number of hydrogen-bond acceptors (Lipinski definition) is 4. The van der Waals surface area contributed by atoms with E-state index in [1.54, 1.807) is 18.2 Å². The molecule has 1 aliphatic heterocycles. The Labute approximate surface area is 138 Å². The Morgan fingerprint density at radius 3 is 2.43 bits per heavy atom. The Morgan fingerprint density at radius 2 is 1.81 bits per heavy atom. The standard InChI is InChI=1S/C15H22N2O2.2ClH/c18-12-3-4-15(19)13(10-12)14(9-11-1-2-11)17-7-5-16-6-8-17;;/h3-4,10-11,14,16,18-19H,1-2,5-9H2;2*1H/t14-;;/m1../s1. The monoisotopic (exact) mass is 334 g/mol. The minimum Gasteiger partial charge on any atom is -0.508 e. The summed E-state index contributed by atoms with van der Waals surface area (Å²) in [6, 6.07) is 5.11. The van der Waals surface area contributed by atoms with Crippen LogP contribution in [0.4, 0.5) is 0 Å². The molecule has 0 spiro atoms. The molecule has 2 fully saturated rings. The summed E-state index contributed by atoms with van der Waals surface area (Å²) in [7, 11) is 0. The first kappa shape index (κ1) is 18.4. The fourth-order valence-electron chi connectivity index (χ4n) is 2.94. The van der Waals surface area contributed by atoms with E-state index in [-0.39, 0.29) is 36.6 Å². The lowest BCUT2D eigenvalue weighted by Gasteiger charge is -2.35. The van der Waals surface area contributed by atoms with Crippen molar-refractivity contribution >= 4 is 24.8 Å². The van der Waals surface area contributed by atoms with Gasteiger partial charge in [0.1, 0.15) is 11.5 Å². The number of rotatable bonds is 4. The average Bonchev–Trinajstić information content (AvgIpc) is 3.24. The van der Waals surface area contributed by atoms with E-state index < -0.39 is 0 Å². The molecule has 21 heavy (non-hydrogen) atoms. The number of phenols is 2. The van der Waals surface area contributed by atoms with E-state index in [1.165, 1.54) is 12.8 Å². The SMILES string of the molecule is Cl.Cl.Oc1ccc(O)c([C@@H](CC2CC2)N2CCNCC2)c1. The van der Waals surface area contributed by atoms with E-state index in [4.69, 9.17) is 0 Å². The fraction of sp³-hybridized carbons (Fsp3) is 0.600. The molecule has 6 heteroatoms. The van der Waals surface area contributed by atoms with Gasteiger partial charge >= 0.3 is 0 Å². The van der Waals surface area contributed by atoms with Crippen LogP contribution in [0.3, 0.4) is 0 Å². The summed E-state index contributed by atoms with van der Waals surface area (Å²) >= 11 is 0. The predicted molar refractivity (Wildman–Crippen MR) is 88.8 cm³/mol. The number of hydrogen-bond donors (Lipinski definition) is 3. The second-order valence-electron chi connectivity index (χ2n) is 5.72. The van der Waals surface area contributed by atoms with Gasteiger partial charge in [-0.05, 0) is 30.5 Å². The number of phenolic OH excluding ortho intramolecular Hbond substituents is 2. The van der Waals surface area contributed by atoms with Crippen molar-refractivity contribution in [2.45, 2.75) is 25.3 Å². The van der Waals surface area contributed by atoms with Crippen LogP contribution in [0.5, 0.6) is 11.5 Å². The van der Waals surface area contributed by atoms with Gasteiger partial charge in [-0.1, -0.05) is 12.8 Å². The van der Waals surface area contributed by atoms with Crippen molar-refractivity contribution in [1.82, 2.24) is 10.2 Å². The Hall–Kier alpha value is -0.680. The summed E-state index contributed by atoms with van der Waals surface area (Å²) in [6.07, 6.45) is 3.71. The number of benzene rings is 1. The third-order valence-electron chi connectivity index (χ3n) is 4.22. The van der Waals surface area contributed by atoms with Crippen molar-refractivity contribution in [1.29, 1.82) is 0 Å². The molecule has 0 aromatic heterocycles. The van der Waals surface area contributed by atoms with E-state index in [0.29, 0.717) is 5.75 Å². The van der Waals surface area contributed by atoms with Gasteiger partial charge in [0, 0.05) is 37.8 Å². The molecule has 1 aliphatic carbocycles. The molecule has 0 radical (unpaired) electrons. The number of aromatic hydroxyl groups is 2. The normalized spacial score (nSPS) is 20.2. The van der Waals surface area contributed by atoms with Crippen LogP contribution in [-0.4, -0.2) is 41.3 Å². The second kappa shape index (κ2) is 8.08. The van der Waals surface area contributed by atoms with Crippen LogP contribution in [0, 0.1) is 5.92 Å². The largest absolute Gasteiger partial charge is 0.508 e. The summed E-state index contributed by atoms with van der Waals surface area (Å²) in [5, 5.41) is 23.2. The first-order chi connectivity index (χ1) is 9.24. The van der Waals surface area contributed by atoms with Crippen molar-refractivity contribution < 1.29 is 10.2 Å². The lowest BCUT2D eigenvalue weighted by Crippen LogP contribution is -2.45. The average molecular weight is 335 g/mol. The van der Waals surface area contributed by atoms with Gasteiger partial charge in [0.25, 0.3) is 0 Å². The fourth-order valence-corrected chi connectivity index (χ4v) is 2.94. The van der Waals surface area contributed by atoms with Crippen molar-refractivity contribution in [3.05, 3.63) is 23.8 Å². The van der Waals surface area contributed by atoms with Gasteiger partial charge < -0.3 is 15.5 Å². The zero-order chi connectivity index (χ0) is 13.2. The maximum Gasteiger partial charge on any atom is 0.120 e. The highest BCUT2D eigenvalue weighted by atomic mass is 35.5. The van der Waals surface area contributed by atoms with E-state index in [0.717, 1.165) is 44.1 Å². The Bertz CT molecular complexity index is 449. The van der Waals surface area contributed by atoms with Crippen LogP contribution >= 0.6 is 24.8 Å². The summed E-state index contributed by atoms with van der Waals surface area (Å²) in [6.45, 7) is 4.01. The predicted octanol–water partition coefficient (Wildman–Crippen LogP) is 2.69. The molecule has 1 aromatic carbocycles. The number of nitrogens with one attached hydrogen (secondary N) is 1. The van der Waals surface area contributed by atoms with E-state index >= 15 is 0 Å². The van der Waals surface area contributed by atoms with Gasteiger partial charge in [-0.3, -0.25) is 4.90 Å². The van der Waals surface area contributed by atoms with Gasteiger partial charge in [-0.25, -0.2) is 0 Å². The van der Waals surface area contributed by atoms with Crippen LogP contribution in [0.2, 0.25) is 0 Å². The number of nitrogens with zero attached hydrogens (tertiary/aromatic N) is 1. The molecular weight excluding hydrogens is 311 g/mol. The zero-order valence-corrected chi connectivity index (χ0v) is 13.6. The second-order valence-corrected chi connectivity index (χ2v) is 5.72. The summed E-state index contributed by atoms with van der Waals surface area (Å²) < 4.78 is 0. The highest BCUT2D eigenvalue weighted by Crippen LogP contribution is 2.42. The molecule has 1 saturated heterocycles. The summed E-state index contributed by atoms with van der Waals surface area (Å²) in [5.41, 5.74) is 0.883. The van der Waals surface area contributed by atoms with Crippen molar-refractivity contribution in [2.24, 2.45) is 5.92 Å². The molecule has 2 aliphatic rings. The maximum absolute atomic E-state index is 10.1. The van der Waals surface area contributed by atoms with Crippen LogP contribution in [0.1, 0.15) is 30.9 Å². The molecule has 0 unspecified atom stereocenters. The molecule has 0 amide bonds. The van der Waals surface area contributed by atoms with E-state index in [2.05, 4.69) is 10.2 Å². The molecule has 1 saturated carbocycles. The Balaban J connectivity index is 0.00000110. The number of piperazine rings is 1. The lowest BCUT2D eigenvalue weighted by molar-refractivity contribution is 0.158. The van der Waals surface area contributed by atoms with Crippen LogP contribution in [-0.2, 0) is 0 Å². The number of halogens is 2. The van der Waals surface area contributed by atoms with Gasteiger partial charge in [-0.2, -0.15) is 0 Å². The van der Waals surface area contributed by atoms with E-state index in [1.807, 2.05) is 0 Å². The van der Waals surface area contributed by atoms with Crippen LogP contribution < -0.4 is 5.32 Å². The quantitative estimate of drug-likeness (QED) is 0.741.